The van der Waals surface area contributed by atoms with E-state index in [1.54, 1.807) is 0 Å². The molecule has 14 heavy (non-hydrogen) atoms. The Hall–Kier alpha value is -0.900. The summed E-state index contributed by atoms with van der Waals surface area (Å²) in [6, 6.07) is 1.81. The summed E-state index contributed by atoms with van der Waals surface area (Å²) in [4.78, 5) is 12.5. The number of aromatic nitrogens is 1. The summed E-state index contributed by atoms with van der Waals surface area (Å²) in [5.74, 6) is 0.558. The number of aryl methyl sites for hydroxylation is 1. The molecule has 0 unspecified atom stereocenters. The van der Waals surface area contributed by atoms with Gasteiger partial charge in [0.1, 0.15) is 5.69 Å². The Kier molecular flexibility index (Phi) is 4.07. The molecule has 0 bridgehead atoms. The fourth-order valence-corrected chi connectivity index (χ4v) is 1.58. The summed E-state index contributed by atoms with van der Waals surface area (Å²) in [6.07, 6.45) is 1.01. The predicted molar refractivity (Wildman–Crippen MR) is 58.6 cm³/mol. The van der Waals surface area contributed by atoms with Gasteiger partial charge in [0, 0.05) is 11.4 Å². The van der Waals surface area contributed by atoms with Crippen molar-refractivity contribution >= 4 is 17.4 Å². The normalized spacial score (nSPS) is 10.6. The second kappa shape index (κ2) is 5.10. The Balaban J connectivity index is 2.36. The number of rotatable bonds is 4. The van der Waals surface area contributed by atoms with Gasteiger partial charge in [-0.1, -0.05) is 13.8 Å². The van der Waals surface area contributed by atoms with Crippen LogP contribution in [0.5, 0.6) is 0 Å². The van der Waals surface area contributed by atoms with Crippen molar-refractivity contribution in [2.45, 2.75) is 27.2 Å². The fourth-order valence-electron chi connectivity index (χ4n) is 1.04. The maximum absolute atomic E-state index is 11.5. The van der Waals surface area contributed by atoms with E-state index >= 15 is 0 Å². The first-order chi connectivity index (χ1) is 6.59. The van der Waals surface area contributed by atoms with Crippen LogP contribution in [-0.2, 0) is 0 Å². The van der Waals surface area contributed by atoms with Crippen molar-refractivity contribution < 1.29 is 4.79 Å². The van der Waals surface area contributed by atoms with E-state index in [1.165, 1.54) is 11.5 Å². The molecule has 0 aliphatic heterocycles. The van der Waals surface area contributed by atoms with Crippen LogP contribution in [0.15, 0.2) is 6.07 Å². The maximum atomic E-state index is 11.5. The minimum Gasteiger partial charge on any atom is -0.351 e. The molecule has 0 fully saturated rings. The summed E-state index contributed by atoms with van der Waals surface area (Å²) in [7, 11) is 0. The van der Waals surface area contributed by atoms with Gasteiger partial charge >= 0.3 is 0 Å². The summed E-state index contributed by atoms with van der Waals surface area (Å²) in [6.45, 7) is 6.95. The smallest absolute Gasteiger partial charge is 0.270 e. The molecule has 78 valence electrons. The second-order valence-electron chi connectivity index (χ2n) is 3.76. The van der Waals surface area contributed by atoms with Crippen molar-refractivity contribution in [3.05, 3.63) is 16.6 Å². The Morgan fingerprint density at radius 3 is 2.86 bits per heavy atom. The maximum Gasteiger partial charge on any atom is 0.270 e. The lowest BCUT2D eigenvalue weighted by atomic mass is 10.1. The van der Waals surface area contributed by atoms with Crippen LogP contribution in [0.2, 0.25) is 0 Å². The quantitative estimate of drug-likeness (QED) is 0.831. The number of nitrogens with zero attached hydrogens (tertiary/aromatic N) is 1. The lowest BCUT2D eigenvalue weighted by molar-refractivity contribution is 0.0948. The van der Waals surface area contributed by atoms with Crippen LogP contribution >= 0.6 is 11.5 Å². The van der Waals surface area contributed by atoms with Crippen LogP contribution < -0.4 is 5.32 Å². The van der Waals surface area contributed by atoms with E-state index in [0.717, 1.165) is 17.8 Å². The third-order valence-corrected chi connectivity index (χ3v) is 2.56. The van der Waals surface area contributed by atoms with Gasteiger partial charge in [-0.25, -0.2) is 0 Å². The molecular weight excluding hydrogens is 196 g/mol. The SMILES string of the molecule is Cc1cc(C(=O)NCCC(C)C)ns1. The average molecular weight is 212 g/mol. The number of carbonyl (C=O) groups excluding carboxylic acids is 1. The van der Waals surface area contributed by atoms with Gasteiger partial charge in [-0.2, -0.15) is 4.37 Å². The standard InChI is InChI=1S/C10H16N2OS/c1-7(2)4-5-11-10(13)9-6-8(3)14-12-9/h6-7H,4-5H2,1-3H3,(H,11,13). The highest BCUT2D eigenvalue weighted by Gasteiger charge is 2.08. The van der Waals surface area contributed by atoms with E-state index in [2.05, 4.69) is 23.5 Å². The van der Waals surface area contributed by atoms with E-state index < -0.39 is 0 Å². The third kappa shape index (κ3) is 3.46. The zero-order chi connectivity index (χ0) is 10.6. The Morgan fingerprint density at radius 2 is 2.36 bits per heavy atom. The summed E-state index contributed by atoms with van der Waals surface area (Å²) >= 11 is 1.36. The lowest BCUT2D eigenvalue weighted by Gasteiger charge is -2.04. The molecule has 1 rings (SSSR count). The average Bonchev–Trinajstić information content (AvgIpc) is 2.51. The molecule has 0 saturated carbocycles. The number of nitrogens with one attached hydrogen (secondary N) is 1. The molecular formula is C10H16N2OS. The second-order valence-corrected chi connectivity index (χ2v) is 4.77. The zero-order valence-corrected chi connectivity index (χ0v) is 9.65. The van der Waals surface area contributed by atoms with E-state index in [-0.39, 0.29) is 5.91 Å². The highest BCUT2D eigenvalue weighted by molar-refractivity contribution is 7.05. The van der Waals surface area contributed by atoms with Gasteiger partial charge in [-0.05, 0) is 36.9 Å². The van der Waals surface area contributed by atoms with E-state index in [4.69, 9.17) is 0 Å². The van der Waals surface area contributed by atoms with Crippen LogP contribution in [0, 0.1) is 12.8 Å². The highest BCUT2D eigenvalue weighted by atomic mass is 32.1. The molecule has 3 nitrogen and oxygen atoms in total. The molecule has 0 atom stereocenters. The van der Waals surface area contributed by atoms with Gasteiger partial charge in [0.2, 0.25) is 0 Å². The van der Waals surface area contributed by atoms with E-state index in [9.17, 15) is 4.79 Å². The van der Waals surface area contributed by atoms with Gasteiger partial charge in [-0.15, -0.1) is 0 Å². The molecule has 4 heteroatoms. The molecule has 1 aromatic rings. The number of hydrogen-bond donors (Lipinski definition) is 1. The number of amides is 1. The molecule has 1 amide bonds. The van der Waals surface area contributed by atoms with Gasteiger partial charge in [0.15, 0.2) is 0 Å². The molecule has 0 radical (unpaired) electrons. The first-order valence-corrected chi connectivity index (χ1v) is 5.58. The van der Waals surface area contributed by atoms with Crippen LogP contribution in [-0.4, -0.2) is 16.8 Å². The summed E-state index contributed by atoms with van der Waals surface area (Å²) < 4.78 is 4.04. The van der Waals surface area contributed by atoms with Crippen LogP contribution in [0.3, 0.4) is 0 Å². The molecule has 0 aliphatic rings. The number of carbonyl (C=O) groups is 1. The molecule has 1 aromatic heterocycles. The van der Waals surface area contributed by atoms with Gasteiger partial charge < -0.3 is 5.32 Å². The van der Waals surface area contributed by atoms with Crippen LogP contribution in [0.25, 0.3) is 0 Å². The zero-order valence-electron chi connectivity index (χ0n) is 8.83. The van der Waals surface area contributed by atoms with Gasteiger partial charge in [0.25, 0.3) is 5.91 Å². The number of hydrogen-bond acceptors (Lipinski definition) is 3. The van der Waals surface area contributed by atoms with Gasteiger partial charge in [-0.3, -0.25) is 4.79 Å². The fraction of sp³-hybridized carbons (Fsp3) is 0.600. The first kappa shape index (κ1) is 11.2. The summed E-state index contributed by atoms with van der Waals surface area (Å²) in [5.41, 5.74) is 0.538. The van der Waals surface area contributed by atoms with Crippen molar-refractivity contribution in [3.8, 4) is 0 Å². The Labute approximate surface area is 88.7 Å². The monoisotopic (exact) mass is 212 g/mol. The Morgan fingerprint density at radius 1 is 1.64 bits per heavy atom. The molecule has 0 spiro atoms. The Bertz CT molecular complexity index is 307. The lowest BCUT2D eigenvalue weighted by Crippen LogP contribution is -2.25. The third-order valence-electron chi connectivity index (χ3n) is 1.87. The van der Waals surface area contributed by atoms with Crippen LogP contribution in [0.4, 0.5) is 0 Å². The van der Waals surface area contributed by atoms with Crippen molar-refractivity contribution in [1.29, 1.82) is 0 Å². The van der Waals surface area contributed by atoms with Crippen molar-refractivity contribution in [3.63, 3.8) is 0 Å². The summed E-state index contributed by atoms with van der Waals surface area (Å²) in [5, 5.41) is 2.85. The first-order valence-electron chi connectivity index (χ1n) is 4.81. The topological polar surface area (TPSA) is 42.0 Å². The molecule has 1 N–H and O–H groups in total. The minimum absolute atomic E-state index is 0.0602. The van der Waals surface area contributed by atoms with Crippen molar-refractivity contribution in [1.82, 2.24) is 9.69 Å². The minimum atomic E-state index is -0.0602. The molecule has 0 saturated heterocycles. The van der Waals surface area contributed by atoms with Crippen molar-refractivity contribution in [2.24, 2.45) is 5.92 Å². The van der Waals surface area contributed by atoms with Gasteiger partial charge in [0.05, 0.1) is 0 Å². The molecule has 0 aromatic carbocycles. The van der Waals surface area contributed by atoms with E-state index in [1.807, 2.05) is 13.0 Å². The largest absolute Gasteiger partial charge is 0.351 e. The predicted octanol–water partition coefficient (Wildman–Crippen LogP) is 2.23. The van der Waals surface area contributed by atoms with Crippen molar-refractivity contribution in [2.75, 3.05) is 6.54 Å². The molecule has 0 aliphatic carbocycles. The highest BCUT2D eigenvalue weighted by Crippen LogP contribution is 2.07. The van der Waals surface area contributed by atoms with Crippen LogP contribution in [0.1, 0.15) is 35.6 Å². The molecule has 1 heterocycles. The van der Waals surface area contributed by atoms with E-state index in [0.29, 0.717) is 11.6 Å².